The van der Waals surface area contributed by atoms with Crippen molar-refractivity contribution in [2.45, 2.75) is 30.7 Å². The number of nitrogens with one attached hydrogen (secondary N) is 2. The van der Waals surface area contributed by atoms with Crippen LogP contribution < -0.4 is 10.6 Å². The Morgan fingerprint density at radius 2 is 1.90 bits per heavy atom. The number of thiophene rings is 1. The molecule has 0 fully saturated rings. The number of nitrogens with zero attached hydrogens (tertiary/aromatic N) is 2. The third kappa shape index (κ3) is 6.06. The average molecular weight is 449 g/mol. The zero-order valence-corrected chi connectivity index (χ0v) is 19.0. The van der Waals surface area contributed by atoms with Gasteiger partial charge in [0, 0.05) is 50.8 Å². The fourth-order valence-corrected chi connectivity index (χ4v) is 4.88. The third-order valence-electron chi connectivity index (χ3n) is 5.07. The van der Waals surface area contributed by atoms with Crippen molar-refractivity contribution in [3.05, 3.63) is 51.7 Å². The highest BCUT2D eigenvalue weighted by Gasteiger charge is 2.21. The number of rotatable bonds is 7. The van der Waals surface area contributed by atoms with E-state index in [0.29, 0.717) is 36.9 Å². The summed E-state index contributed by atoms with van der Waals surface area (Å²) < 4.78 is 23.0. The minimum Gasteiger partial charge on any atom is -0.356 e. The van der Waals surface area contributed by atoms with E-state index in [4.69, 9.17) is 0 Å². The topological polar surface area (TPSA) is 90.9 Å². The lowest BCUT2D eigenvalue weighted by molar-refractivity contribution is -0.131. The van der Waals surface area contributed by atoms with Gasteiger partial charge in [-0.1, -0.05) is 12.1 Å². The number of fused-ring (bicyclic) bond motifs is 1. The quantitative estimate of drug-likeness (QED) is 0.498. The molecule has 3 rings (SSSR count). The molecule has 0 bridgehead atoms. The molecule has 1 aliphatic heterocycles. The van der Waals surface area contributed by atoms with Crippen molar-refractivity contribution in [2.24, 2.45) is 4.99 Å². The average Bonchev–Trinajstić information content (AvgIpc) is 3.20. The highest BCUT2D eigenvalue weighted by Crippen LogP contribution is 2.24. The summed E-state index contributed by atoms with van der Waals surface area (Å²) in [6.07, 6.45) is 3.31. The molecule has 1 amide bonds. The van der Waals surface area contributed by atoms with E-state index >= 15 is 0 Å². The summed E-state index contributed by atoms with van der Waals surface area (Å²) in [5.74, 6) is 0.801. The Labute approximate surface area is 182 Å². The smallest absolute Gasteiger partial charge is 0.224 e. The number of hydrogen-bond acceptors (Lipinski definition) is 5. The number of aliphatic imine (C=N–C) groups is 1. The fourth-order valence-electron chi connectivity index (χ4n) is 3.36. The molecule has 7 nitrogen and oxygen atoms in total. The van der Waals surface area contributed by atoms with E-state index in [1.165, 1.54) is 16.7 Å². The van der Waals surface area contributed by atoms with Crippen LogP contribution in [0.5, 0.6) is 0 Å². The second-order valence-corrected chi connectivity index (χ2v) is 10.3. The van der Waals surface area contributed by atoms with Gasteiger partial charge in [-0.25, -0.2) is 8.42 Å². The number of carbonyl (C=O) groups excluding carboxylic acids is 1. The van der Waals surface area contributed by atoms with Gasteiger partial charge in [0.2, 0.25) is 5.91 Å². The van der Waals surface area contributed by atoms with E-state index in [2.05, 4.69) is 27.1 Å². The van der Waals surface area contributed by atoms with E-state index in [1.54, 1.807) is 30.5 Å². The van der Waals surface area contributed by atoms with Crippen molar-refractivity contribution >= 4 is 33.0 Å². The Bertz CT molecular complexity index is 998. The van der Waals surface area contributed by atoms with Crippen LogP contribution in [0.3, 0.4) is 0 Å². The molecule has 1 aromatic heterocycles. The first-order valence-electron chi connectivity index (χ1n) is 9.93. The maximum atomic E-state index is 12.5. The molecule has 0 atom stereocenters. The predicted molar refractivity (Wildman–Crippen MR) is 121 cm³/mol. The van der Waals surface area contributed by atoms with Crippen molar-refractivity contribution in [2.75, 3.05) is 32.9 Å². The molecule has 2 heterocycles. The van der Waals surface area contributed by atoms with Crippen molar-refractivity contribution in [1.29, 1.82) is 0 Å². The van der Waals surface area contributed by atoms with Gasteiger partial charge in [-0.2, -0.15) is 0 Å². The van der Waals surface area contributed by atoms with Crippen LogP contribution in [0.15, 0.2) is 45.6 Å². The second-order valence-electron chi connectivity index (χ2n) is 7.28. The van der Waals surface area contributed by atoms with Crippen LogP contribution in [0, 0.1) is 0 Å². The van der Waals surface area contributed by atoms with Crippen LogP contribution in [0.4, 0.5) is 0 Å². The van der Waals surface area contributed by atoms with Crippen molar-refractivity contribution in [3.8, 4) is 0 Å². The Morgan fingerprint density at radius 1 is 1.17 bits per heavy atom. The summed E-state index contributed by atoms with van der Waals surface area (Å²) in [4.78, 5) is 20.3. The molecule has 30 heavy (non-hydrogen) atoms. The molecular formula is C21H28N4O3S2. The molecule has 0 aliphatic carbocycles. The van der Waals surface area contributed by atoms with Gasteiger partial charge >= 0.3 is 0 Å². The van der Waals surface area contributed by atoms with Gasteiger partial charge in [0.05, 0.1) is 4.90 Å². The number of benzene rings is 1. The van der Waals surface area contributed by atoms with E-state index < -0.39 is 9.84 Å². The van der Waals surface area contributed by atoms with Gasteiger partial charge < -0.3 is 15.5 Å². The minimum absolute atomic E-state index is 0.153. The molecule has 1 aliphatic rings. The van der Waals surface area contributed by atoms with Crippen LogP contribution in [-0.4, -0.2) is 58.1 Å². The van der Waals surface area contributed by atoms with Gasteiger partial charge in [-0.05, 0) is 47.5 Å². The third-order valence-corrected chi connectivity index (χ3v) is 7.22. The SMILES string of the molecule is CN=C(NCCC(=O)N1CCc2sccc2C1)NCCc1ccc(S(C)(=O)=O)cc1. The van der Waals surface area contributed by atoms with E-state index in [-0.39, 0.29) is 5.91 Å². The van der Waals surface area contributed by atoms with Crippen molar-refractivity contribution in [1.82, 2.24) is 15.5 Å². The van der Waals surface area contributed by atoms with Crippen LogP contribution >= 0.6 is 11.3 Å². The molecule has 9 heteroatoms. The van der Waals surface area contributed by atoms with Crippen LogP contribution in [0.1, 0.15) is 22.4 Å². The number of carbonyl (C=O) groups is 1. The first-order valence-corrected chi connectivity index (χ1v) is 12.7. The molecule has 2 aromatic rings. The lowest BCUT2D eigenvalue weighted by atomic mass is 10.1. The van der Waals surface area contributed by atoms with Crippen molar-refractivity contribution in [3.63, 3.8) is 0 Å². The summed E-state index contributed by atoms with van der Waals surface area (Å²) in [6.45, 7) is 2.67. The van der Waals surface area contributed by atoms with E-state index in [0.717, 1.165) is 24.9 Å². The lowest BCUT2D eigenvalue weighted by Gasteiger charge is -2.27. The van der Waals surface area contributed by atoms with Crippen LogP contribution in [-0.2, 0) is 34.0 Å². The number of sulfone groups is 1. The zero-order valence-electron chi connectivity index (χ0n) is 17.3. The Balaban J connectivity index is 1.37. The van der Waals surface area contributed by atoms with E-state index in [9.17, 15) is 13.2 Å². The molecule has 0 saturated carbocycles. The largest absolute Gasteiger partial charge is 0.356 e. The highest BCUT2D eigenvalue weighted by atomic mass is 32.2. The van der Waals surface area contributed by atoms with Gasteiger partial charge in [0.15, 0.2) is 15.8 Å². The van der Waals surface area contributed by atoms with Gasteiger partial charge in [-0.15, -0.1) is 11.3 Å². The highest BCUT2D eigenvalue weighted by molar-refractivity contribution is 7.90. The Kier molecular flexibility index (Phi) is 7.49. The maximum Gasteiger partial charge on any atom is 0.224 e. The van der Waals surface area contributed by atoms with Gasteiger partial charge in [-0.3, -0.25) is 9.79 Å². The molecule has 0 spiro atoms. The standard InChI is InChI=1S/C21H28N4O3S2/c1-22-21(23-11-7-16-3-5-18(6-4-16)30(2,27)28)24-12-8-20(26)25-13-9-19-17(15-25)10-14-29-19/h3-6,10,14H,7-9,11-13,15H2,1-2H3,(H2,22,23,24). The molecule has 0 unspecified atom stereocenters. The minimum atomic E-state index is -3.17. The number of amides is 1. The summed E-state index contributed by atoms with van der Waals surface area (Å²) in [5.41, 5.74) is 2.31. The van der Waals surface area contributed by atoms with E-state index in [1.807, 2.05) is 17.0 Å². The summed E-state index contributed by atoms with van der Waals surface area (Å²) in [7, 11) is -1.47. The van der Waals surface area contributed by atoms with Gasteiger partial charge in [0.1, 0.15) is 0 Å². The van der Waals surface area contributed by atoms with Crippen molar-refractivity contribution < 1.29 is 13.2 Å². The molecule has 0 radical (unpaired) electrons. The monoisotopic (exact) mass is 448 g/mol. The summed E-state index contributed by atoms with van der Waals surface area (Å²) in [5, 5.41) is 8.50. The van der Waals surface area contributed by atoms with Crippen LogP contribution in [0.2, 0.25) is 0 Å². The first kappa shape index (κ1) is 22.3. The number of hydrogen-bond donors (Lipinski definition) is 2. The fraction of sp³-hybridized carbons (Fsp3) is 0.429. The normalized spacial score (nSPS) is 14.3. The van der Waals surface area contributed by atoms with Crippen LogP contribution in [0.25, 0.3) is 0 Å². The molecule has 1 aromatic carbocycles. The molecule has 0 saturated heterocycles. The predicted octanol–water partition coefficient (Wildman–Crippen LogP) is 1.83. The number of guanidine groups is 1. The van der Waals surface area contributed by atoms with Gasteiger partial charge in [0.25, 0.3) is 0 Å². The molecular weight excluding hydrogens is 420 g/mol. The lowest BCUT2D eigenvalue weighted by Crippen LogP contribution is -2.41. The first-order chi connectivity index (χ1) is 14.4. The summed E-state index contributed by atoms with van der Waals surface area (Å²) >= 11 is 1.77. The second kappa shape index (κ2) is 10.1. The zero-order chi connectivity index (χ0) is 21.6. The summed E-state index contributed by atoms with van der Waals surface area (Å²) in [6, 6.07) is 9.01. The molecule has 162 valence electrons. The maximum absolute atomic E-state index is 12.5. The molecule has 2 N–H and O–H groups in total. The Morgan fingerprint density at radius 3 is 2.60 bits per heavy atom. The Hall–Kier alpha value is -2.39.